The first kappa shape index (κ1) is 14.3. The average Bonchev–Trinajstić information content (AvgIpc) is 2.20. The third kappa shape index (κ3) is 4.56. The molecule has 0 bridgehead atoms. The second kappa shape index (κ2) is 6.26. The van der Waals surface area contributed by atoms with Crippen LogP contribution in [0.3, 0.4) is 0 Å². The van der Waals surface area contributed by atoms with Crippen LogP contribution in [0.25, 0.3) is 0 Å². The molecule has 0 amide bonds. The van der Waals surface area contributed by atoms with Crippen LogP contribution in [0.1, 0.15) is 13.8 Å². The lowest BCUT2D eigenvalue weighted by Gasteiger charge is -2.13. The van der Waals surface area contributed by atoms with Crippen LogP contribution in [0.2, 0.25) is 10.0 Å². The van der Waals surface area contributed by atoms with E-state index in [1.807, 2.05) is 13.8 Å². The van der Waals surface area contributed by atoms with E-state index < -0.39 is 6.61 Å². The maximum atomic E-state index is 12.1. The van der Waals surface area contributed by atoms with Gasteiger partial charge in [0, 0.05) is 12.2 Å². The van der Waals surface area contributed by atoms with Crippen LogP contribution < -0.4 is 10.1 Å². The van der Waals surface area contributed by atoms with Crippen molar-refractivity contribution in [2.75, 3.05) is 11.9 Å². The van der Waals surface area contributed by atoms with Gasteiger partial charge in [-0.3, -0.25) is 0 Å². The number of hydrogen-bond acceptors (Lipinski definition) is 2. The predicted octanol–water partition coefficient (Wildman–Crippen LogP) is 4.66. The molecule has 0 heterocycles. The summed E-state index contributed by atoms with van der Waals surface area (Å²) < 4.78 is 28.4. The lowest BCUT2D eigenvalue weighted by atomic mass is 10.2. The molecule has 17 heavy (non-hydrogen) atoms. The van der Waals surface area contributed by atoms with Crippen LogP contribution in [0.5, 0.6) is 5.75 Å². The standard InChI is InChI=1S/C11H13Cl2F2NO/c1-6(2)5-16-7-3-8(12)10(9(13)4-7)17-11(14)15/h3-4,6,11,16H,5H2,1-2H3. The zero-order valence-corrected chi connectivity index (χ0v) is 10.9. The van der Waals surface area contributed by atoms with E-state index in [-0.39, 0.29) is 15.8 Å². The quantitative estimate of drug-likeness (QED) is 0.848. The van der Waals surface area contributed by atoms with Crippen molar-refractivity contribution in [3.63, 3.8) is 0 Å². The normalized spacial score (nSPS) is 11.1. The van der Waals surface area contributed by atoms with E-state index in [4.69, 9.17) is 23.2 Å². The zero-order valence-electron chi connectivity index (χ0n) is 9.44. The number of hydrogen-bond donors (Lipinski definition) is 1. The number of alkyl halides is 2. The molecule has 0 unspecified atom stereocenters. The summed E-state index contributed by atoms with van der Waals surface area (Å²) in [7, 11) is 0. The monoisotopic (exact) mass is 283 g/mol. The van der Waals surface area contributed by atoms with Crippen LogP contribution in [0.15, 0.2) is 12.1 Å². The Balaban J connectivity index is 2.85. The van der Waals surface area contributed by atoms with Crippen molar-refractivity contribution >= 4 is 28.9 Å². The van der Waals surface area contributed by atoms with Gasteiger partial charge in [-0.15, -0.1) is 0 Å². The first-order chi connectivity index (χ1) is 7.90. The van der Waals surface area contributed by atoms with Gasteiger partial charge in [-0.2, -0.15) is 8.78 Å². The molecule has 0 radical (unpaired) electrons. The number of halogens is 4. The van der Waals surface area contributed by atoms with Crippen LogP contribution in [-0.2, 0) is 0 Å². The summed E-state index contributed by atoms with van der Waals surface area (Å²) in [6, 6.07) is 3.01. The van der Waals surface area contributed by atoms with E-state index in [2.05, 4.69) is 10.1 Å². The van der Waals surface area contributed by atoms with Crippen molar-refractivity contribution in [2.45, 2.75) is 20.5 Å². The SMILES string of the molecule is CC(C)CNc1cc(Cl)c(OC(F)F)c(Cl)c1. The van der Waals surface area contributed by atoms with Gasteiger partial charge in [0.15, 0.2) is 5.75 Å². The number of ether oxygens (including phenoxy) is 1. The molecule has 1 aromatic rings. The molecule has 0 atom stereocenters. The fourth-order valence-corrected chi connectivity index (χ4v) is 1.76. The second-order valence-corrected chi connectivity index (χ2v) is 4.74. The lowest BCUT2D eigenvalue weighted by Crippen LogP contribution is -2.08. The van der Waals surface area contributed by atoms with E-state index in [1.165, 1.54) is 12.1 Å². The number of rotatable bonds is 5. The maximum Gasteiger partial charge on any atom is 0.387 e. The molecule has 0 saturated carbocycles. The summed E-state index contributed by atoms with van der Waals surface area (Å²) in [5.74, 6) is 0.253. The third-order valence-corrected chi connectivity index (χ3v) is 2.48. The summed E-state index contributed by atoms with van der Waals surface area (Å²) in [4.78, 5) is 0. The fraction of sp³-hybridized carbons (Fsp3) is 0.455. The molecular formula is C11H13Cl2F2NO. The molecule has 0 spiro atoms. The van der Waals surface area contributed by atoms with Crippen molar-refractivity contribution in [3.05, 3.63) is 22.2 Å². The molecule has 0 aromatic heterocycles. The molecule has 96 valence electrons. The Morgan fingerprint density at radius 3 is 2.18 bits per heavy atom. The lowest BCUT2D eigenvalue weighted by molar-refractivity contribution is -0.0497. The van der Waals surface area contributed by atoms with Gasteiger partial charge in [-0.25, -0.2) is 0 Å². The first-order valence-corrected chi connectivity index (χ1v) is 5.83. The highest BCUT2D eigenvalue weighted by atomic mass is 35.5. The Labute approximate surface area is 109 Å². The second-order valence-electron chi connectivity index (χ2n) is 3.92. The molecule has 0 fully saturated rings. The molecular weight excluding hydrogens is 271 g/mol. The van der Waals surface area contributed by atoms with Crippen LogP contribution in [0, 0.1) is 5.92 Å². The Hall–Kier alpha value is -0.740. The number of anilines is 1. The van der Waals surface area contributed by atoms with Crippen LogP contribution in [-0.4, -0.2) is 13.2 Å². The minimum absolute atomic E-state index is 0.0593. The molecule has 1 N–H and O–H groups in total. The summed E-state index contributed by atoms with van der Waals surface area (Å²) in [5, 5.41) is 3.21. The van der Waals surface area contributed by atoms with Crippen LogP contribution >= 0.6 is 23.2 Å². The van der Waals surface area contributed by atoms with Crippen molar-refractivity contribution in [1.82, 2.24) is 0 Å². The molecule has 1 rings (SSSR count). The van der Waals surface area contributed by atoms with Gasteiger partial charge < -0.3 is 10.1 Å². The number of nitrogens with one attached hydrogen (secondary N) is 1. The fourth-order valence-electron chi connectivity index (χ4n) is 1.19. The summed E-state index contributed by atoms with van der Waals surface area (Å²) in [6.45, 7) is 1.89. The van der Waals surface area contributed by atoms with Gasteiger partial charge in [0.25, 0.3) is 0 Å². The first-order valence-electron chi connectivity index (χ1n) is 5.08. The molecule has 0 aliphatic rings. The summed E-state index contributed by atoms with van der Waals surface area (Å²) in [6.07, 6.45) is 0. The maximum absolute atomic E-state index is 12.1. The highest BCUT2D eigenvalue weighted by Gasteiger charge is 2.14. The van der Waals surface area contributed by atoms with Gasteiger partial charge in [-0.1, -0.05) is 37.0 Å². The third-order valence-electron chi connectivity index (χ3n) is 1.92. The Kier molecular flexibility index (Phi) is 5.28. The average molecular weight is 284 g/mol. The smallest absolute Gasteiger partial charge is 0.387 e. The van der Waals surface area contributed by atoms with Gasteiger partial charge in [0.1, 0.15) is 0 Å². The van der Waals surface area contributed by atoms with Gasteiger partial charge in [0.2, 0.25) is 0 Å². The molecule has 0 saturated heterocycles. The van der Waals surface area contributed by atoms with Crippen molar-refractivity contribution in [2.24, 2.45) is 5.92 Å². The molecule has 2 nitrogen and oxygen atoms in total. The minimum atomic E-state index is -2.94. The number of benzene rings is 1. The van der Waals surface area contributed by atoms with Crippen molar-refractivity contribution in [3.8, 4) is 5.75 Å². The van der Waals surface area contributed by atoms with Crippen molar-refractivity contribution < 1.29 is 13.5 Å². The van der Waals surface area contributed by atoms with Gasteiger partial charge >= 0.3 is 6.61 Å². The highest BCUT2D eigenvalue weighted by molar-refractivity contribution is 6.37. The molecule has 1 aromatic carbocycles. The molecule has 0 aliphatic heterocycles. The zero-order chi connectivity index (χ0) is 13.0. The summed E-state index contributed by atoms with van der Waals surface area (Å²) >= 11 is 11.6. The highest BCUT2D eigenvalue weighted by Crippen LogP contribution is 2.36. The Morgan fingerprint density at radius 1 is 1.24 bits per heavy atom. The summed E-state index contributed by atoms with van der Waals surface area (Å²) in [5.41, 5.74) is 0.676. The minimum Gasteiger partial charge on any atom is -0.432 e. The van der Waals surface area contributed by atoms with E-state index in [0.29, 0.717) is 11.6 Å². The van der Waals surface area contributed by atoms with Gasteiger partial charge in [0.05, 0.1) is 10.0 Å². The molecule has 0 aliphatic carbocycles. The van der Waals surface area contributed by atoms with E-state index in [0.717, 1.165) is 6.54 Å². The topological polar surface area (TPSA) is 21.3 Å². The molecule has 6 heteroatoms. The van der Waals surface area contributed by atoms with Crippen LogP contribution in [0.4, 0.5) is 14.5 Å². The van der Waals surface area contributed by atoms with Crippen molar-refractivity contribution in [1.29, 1.82) is 0 Å². The largest absolute Gasteiger partial charge is 0.432 e. The van der Waals surface area contributed by atoms with E-state index in [9.17, 15) is 8.78 Å². The van der Waals surface area contributed by atoms with Gasteiger partial charge in [-0.05, 0) is 18.1 Å². The van der Waals surface area contributed by atoms with E-state index >= 15 is 0 Å². The Morgan fingerprint density at radius 2 is 1.76 bits per heavy atom. The van der Waals surface area contributed by atoms with E-state index in [1.54, 1.807) is 0 Å². The Bertz CT molecular complexity index is 363. The predicted molar refractivity (Wildman–Crippen MR) is 66.4 cm³/mol.